The molecule has 4 heteroatoms. The van der Waals surface area contributed by atoms with Crippen LogP contribution in [0.25, 0.3) is 0 Å². The maximum atomic E-state index is 5.37. The molecular formula is C11H10BrNOS. The molecule has 0 N–H and O–H groups in total. The summed E-state index contributed by atoms with van der Waals surface area (Å²) in [5.41, 5.74) is 1.20. The highest BCUT2D eigenvalue weighted by atomic mass is 79.9. The number of aromatic nitrogens is 1. The van der Waals surface area contributed by atoms with Crippen molar-refractivity contribution in [3.63, 3.8) is 0 Å². The van der Waals surface area contributed by atoms with E-state index in [0.717, 1.165) is 16.0 Å². The van der Waals surface area contributed by atoms with Crippen LogP contribution in [0.2, 0.25) is 0 Å². The van der Waals surface area contributed by atoms with Gasteiger partial charge >= 0.3 is 0 Å². The van der Waals surface area contributed by atoms with Gasteiger partial charge in [0.15, 0.2) is 0 Å². The Balaban J connectivity index is 2.06. The highest BCUT2D eigenvalue weighted by Crippen LogP contribution is 2.29. The van der Waals surface area contributed by atoms with Crippen LogP contribution >= 0.6 is 27.7 Å². The highest BCUT2D eigenvalue weighted by molar-refractivity contribution is 9.10. The minimum atomic E-state index is 0.849. The van der Waals surface area contributed by atoms with Crippen LogP contribution in [0, 0.1) is 6.92 Å². The first-order chi connectivity index (χ1) is 7.27. The number of aryl methyl sites for hydroxylation is 1. The Hall–Kier alpha value is -0.740. The molecule has 0 spiro atoms. The first-order valence-electron chi connectivity index (χ1n) is 4.52. The van der Waals surface area contributed by atoms with Gasteiger partial charge in [0, 0.05) is 21.8 Å². The van der Waals surface area contributed by atoms with Crippen molar-refractivity contribution in [2.75, 3.05) is 0 Å². The second-order valence-electron chi connectivity index (χ2n) is 3.12. The van der Waals surface area contributed by atoms with Gasteiger partial charge in [0.25, 0.3) is 0 Å². The second-order valence-corrected chi connectivity index (χ2v) is 4.99. The molecule has 15 heavy (non-hydrogen) atoms. The fourth-order valence-corrected chi connectivity index (χ4v) is 2.70. The third-order valence-electron chi connectivity index (χ3n) is 2.06. The maximum absolute atomic E-state index is 5.37. The van der Waals surface area contributed by atoms with Crippen LogP contribution in [0.4, 0.5) is 0 Å². The van der Waals surface area contributed by atoms with Crippen LogP contribution < -0.4 is 0 Å². The van der Waals surface area contributed by atoms with E-state index in [1.54, 1.807) is 30.4 Å². The monoisotopic (exact) mass is 283 g/mol. The molecule has 0 amide bonds. The number of hydrogen-bond donors (Lipinski definition) is 0. The molecule has 2 heterocycles. The fraction of sp³-hybridized carbons (Fsp3) is 0.182. The molecule has 2 nitrogen and oxygen atoms in total. The van der Waals surface area contributed by atoms with Gasteiger partial charge in [-0.1, -0.05) is 0 Å². The summed E-state index contributed by atoms with van der Waals surface area (Å²) in [6.07, 6.45) is 5.33. The summed E-state index contributed by atoms with van der Waals surface area (Å²) >= 11 is 5.20. The van der Waals surface area contributed by atoms with E-state index in [2.05, 4.69) is 27.8 Å². The summed E-state index contributed by atoms with van der Waals surface area (Å²) in [6, 6.07) is 3.98. The summed E-state index contributed by atoms with van der Waals surface area (Å²) in [5, 5.41) is 0. The van der Waals surface area contributed by atoms with Gasteiger partial charge in [-0.15, -0.1) is 11.8 Å². The van der Waals surface area contributed by atoms with Gasteiger partial charge in [0.05, 0.1) is 12.0 Å². The molecule has 0 saturated heterocycles. The molecule has 0 saturated carbocycles. The molecule has 2 aromatic heterocycles. The molecule has 0 fully saturated rings. The predicted octanol–water partition coefficient (Wildman–Crippen LogP) is 4.04. The Morgan fingerprint density at radius 2 is 2.33 bits per heavy atom. The Morgan fingerprint density at radius 3 is 3.00 bits per heavy atom. The molecule has 0 aliphatic rings. The van der Waals surface area contributed by atoms with Crippen LogP contribution in [0.1, 0.15) is 11.3 Å². The molecule has 0 radical (unpaired) electrons. The molecule has 0 atom stereocenters. The Morgan fingerprint density at radius 1 is 1.47 bits per heavy atom. The number of hydrogen-bond acceptors (Lipinski definition) is 3. The average Bonchev–Trinajstić information content (AvgIpc) is 2.63. The Labute approximate surface area is 101 Å². The van der Waals surface area contributed by atoms with Crippen molar-refractivity contribution in [3.8, 4) is 0 Å². The molecular weight excluding hydrogens is 274 g/mol. The van der Waals surface area contributed by atoms with Gasteiger partial charge < -0.3 is 4.42 Å². The van der Waals surface area contributed by atoms with Crippen molar-refractivity contribution in [2.45, 2.75) is 17.6 Å². The summed E-state index contributed by atoms with van der Waals surface area (Å²) < 4.78 is 6.40. The van der Waals surface area contributed by atoms with Gasteiger partial charge in [-0.25, -0.2) is 0 Å². The van der Waals surface area contributed by atoms with Gasteiger partial charge in [-0.05, 0) is 40.5 Å². The fourth-order valence-electron chi connectivity index (χ4n) is 1.17. The summed E-state index contributed by atoms with van der Waals surface area (Å²) in [7, 11) is 0. The normalized spacial score (nSPS) is 10.5. The maximum Gasteiger partial charge on any atom is 0.116 e. The first kappa shape index (κ1) is 10.8. The minimum Gasteiger partial charge on any atom is -0.468 e. The van der Waals surface area contributed by atoms with E-state index in [1.165, 1.54) is 10.5 Å². The number of halogens is 1. The third-order valence-corrected chi connectivity index (χ3v) is 4.03. The Bertz CT molecular complexity index is 455. The van der Waals surface area contributed by atoms with E-state index in [1.807, 2.05) is 12.1 Å². The van der Waals surface area contributed by atoms with Crippen molar-refractivity contribution in [2.24, 2.45) is 0 Å². The summed E-state index contributed by atoms with van der Waals surface area (Å²) in [5.74, 6) is 1.88. The zero-order chi connectivity index (χ0) is 10.7. The standard InChI is InChI=1S/C11H10BrNOS/c1-8-3-5-14-10(8)7-15-11-2-4-13-6-9(11)12/h2-6H,7H2,1H3. The lowest BCUT2D eigenvalue weighted by molar-refractivity contribution is 0.528. The number of nitrogens with zero attached hydrogens (tertiary/aromatic N) is 1. The number of thioether (sulfide) groups is 1. The van der Waals surface area contributed by atoms with Crippen LogP contribution in [-0.4, -0.2) is 4.98 Å². The molecule has 78 valence electrons. The zero-order valence-electron chi connectivity index (χ0n) is 8.24. The number of pyridine rings is 1. The second kappa shape index (κ2) is 4.86. The molecule has 0 aromatic carbocycles. The van der Waals surface area contributed by atoms with Crippen molar-refractivity contribution in [1.29, 1.82) is 0 Å². The average molecular weight is 284 g/mol. The van der Waals surface area contributed by atoms with Crippen LogP contribution in [0.5, 0.6) is 0 Å². The first-order valence-corrected chi connectivity index (χ1v) is 6.30. The van der Waals surface area contributed by atoms with Crippen LogP contribution in [0.3, 0.4) is 0 Å². The predicted molar refractivity (Wildman–Crippen MR) is 64.9 cm³/mol. The lowest BCUT2D eigenvalue weighted by atomic mass is 10.3. The smallest absolute Gasteiger partial charge is 0.116 e. The molecule has 0 bridgehead atoms. The zero-order valence-corrected chi connectivity index (χ0v) is 10.6. The van der Waals surface area contributed by atoms with Gasteiger partial charge in [0.1, 0.15) is 5.76 Å². The van der Waals surface area contributed by atoms with Crippen LogP contribution in [0.15, 0.2) is 44.6 Å². The minimum absolute atomic E-state index is 0.849. The van der Waals surface area contributed by atoms with E-state index in [0.29, 0.717) is 0 Å². The van der Waals surface area contributed by atoms with Crippen molar-refractivity contribution >= 4 is 27.7 Å². The van der Waals surface area contributed by atoms with Crippen molar-refractivity contribution in [1.82, 2.24) is 4.98 Å². The number of furan rings is 1. The SMILES string of the molecule is Cc1ccoc1CSc1ccncc1Br. The van der Waals surface area contributed by atoms with Crippen molar-refractivity contribution in [3.05, 3.63) is 46.6 Å². The molecule has 2 aromatic rings. The van der Waals surface area contributed by atoms with E-state index in [9.17, 15) is 0 Å². The topological polar surface area (TPSA) is 26.0 Å². The van der Waals surface area contributed by atoms with E-state index in [-0.39, 0.29) is 0 Å². The lowest BCUT2D eigenvalue weighted by Crippen LogP contribution is -1.82. The Kier molecular flexibility index (Phi) is 3.49. The van der Waals surface area contributed by atoms with Crippen molar-refractivity contribution < 1.29 is 4.42 Å². The molecule has 0 unspecified atom stereocenters. The van der Waals surface area contributed by atoms with Crippen LogP contribution in [-0.2, 0) is 5.75 Å². The number of rotatable bonds is 3. The summed E-state index contributed by atoms with van der Waals surface area (Å²) in [4.78, 5) is 5.21. The highest BCUT2D eigenvalue weighted by Gasteiger charge is 2.04. The quantitative estimate of drug-likeness (QED) is 0.796. The van der Waals surface area contributed by atoms with Gasteiger partial charge in [-0.3, -0.25) is 4.98 Å². The lowest BCUT2D eigenvalue weighted by Gasteiger charge is -2.02. The molecule has 0 aliphatic carbocycles. The van der Waals surface area contributed by atoms with Gasteiger partial charge in [0.2, 0.25) is 0 Å². The van der Waals surface area contributed by atoms with E-state index in [4.69, 9.17) is 4.42 Å². The summed E-state index contributed by atoms with van der Waals surface area (Å²) in [6.45, 7) is 2.06. The van der Waals surface area contributed by atoms with E-state index < -0.39 is 0 Å². The molecule has 0 aliphatic heterocycles. The largest absolute Gasteiger partial charge is 0.468 e. The molecule has 2 rings (SSSR count). The van der Waals surface area contributed by atoms with E-state index >= 15 is 0 Å². The third kappa shape index (κ3) is 2.63. The van der Waals surface area contributed by atoms with Gasteiger partial charge in [-0.2, -0.15) is 0 Å².